The maximum absolute atomic E-state index is 14.4. The van der Waals surface area contributed by atoms with Gasteiger partial charge in [-0.15, -0.1) is 10.2 Å². The summed E-state index contributed by atoms with van der Waals surface area (Å²) < 4.78 is 22.6. The molecule has 0 aliphatic carbocycles. The predicted molar refractivity (Wildman–Crippen MR) is 156 cm³/mol. The van der Waals surface area contributed by atoms with Crippen molar-refractivity contribution in [1.29, 1.82) is 0 Å². The lowest BCUT2D eigenvalue weighted by molar-refractivity contribution is -0.125. The van der Waals surface area contributed by atoms with Crippen molar-refractivity contribution >= 4 is 11.6 Å². The number of rotatable bonds is 12. The highest BCUT2D eigenvalue weighted by atomic mass is 19.1. The molecule has 2 aromatic heterocycles. The van der Waals surface area contributed by atoms with Gasteiger partial charge in [-0.2, -0.15) is 0 Å². The second-order valence-electron chi connectivity index (χ2n) is 10.4. The third kappa shape index (κ3) is 6.70. The number of allylic oxidation sites excluding steroid dienone is 2. The van der Waals surface area contributed by atoms with E-state index in [0.29, 0.717) is 25.3 Å². The largest absolute Gasteiger partial charge is 0.492 e. The van der Waals surface area contributed by atoms with Crippen molar-refractivity contribution < 1.29 is 13.9 Å². The SMILES string of the molecule is CCC/C=C(C(=O)N1CCCC1)/C(CCOc1cc(F)ccc1-c1ccc2nnc(CNC)n2c1)=C(/C)N(C)C. The van der Waals surface area contributed by atoms with Gasteiger partial charge in [0.1, 0.15) is 11.6 Å². The van der Waals surface area contributed by atoms with E-state index >= 15 is 0 Å². The van der Waals surface area contributed by atoms with Crippen molar-refractivity contribution in [2.75, 3.05) is 40.8 Å². The molecule has 8 nitrogen and oxygen atoms in total. The molecule has 0 atom stereocenters. The Morgan fingerprint density at radius 3 is 2.65 bits per heavy atom. The van der Waals surface area contributed by atoms with Crippen LogP contribution in [0.4, 0.5) is 4.39 Å². The normalized spacial score (nSPS) is 14.6. The van der Waals surface area contributed by atoms with Crippen LogP contribution in [0.2, 0.25) is 0 Å². The topological polar surface area (TPSA) is 75.0 Å². The fourth-order valence-electron chi connectivity index (χ4n) is 4.99. The summed E-state index contributed by atoms with van der Waals surface area (Å²) in [5, 5.41) is 11.6. The minimum atomic E-state index is -0.368. The highest BCUT2D eigenvalue weighted by Gasteiger charge is 2.25. The lowest BCUT2D eigenvalue weighted by atomic mass is 9.97. The first-order chi connectivity index (χ1) is 19.3. The van der Waals surface area contributed by atoms with Crippen LogP contribution in [-0.2, 0) is 11.3 Å². The number of carbonyl (C=O) groups is 1. The number of aromatic nitrogens is 3. The minimum Gasteiger partial charge on any atom is -0.492 e. The third-order valence-electron chi connectivity index (χ3n) is 7.37. The van der Waals surface area contributed by atoms with Crippen LogP contribution < -0.4 is 10.1 Å². The molecule has 3 aromatic rings. The van der Waals surface area contributed by atoms with Crippen LogP contribution in [0.3, 0.4) is 0 Å². The van der Waals surface area contributed by atoms with Gasteiger partial charge in [-0.05, 0) is 63.1 Å². The zero-order chi connectivity index (χ0) is 28.6. The number of carbonyl (C=O) groups excluding carboxylic acids is 1. The number of hydrogen-bond donors (Lipinski definition) is 1. The van der Waals surface area contributed by atoms with Gasteiger partial charge >= 0.3 is 0 Å². The van der Waals surface area contributed by atoms with Crippen molar-refractivity contribution in [3.8, 4) is 16.9 Å². The molecule has 3 heterocycles. The number of likely N-dealkylation sites (tertiary alicyclic amines) is 1. The van der Waals surface area contributed by atoms with Crippen LogP contribution in [0, 0.1) is 5.82 Å². The van der Waals surface area contributed by atoms with E-state index in [1.165, 1.54) is 12.1 Å². The average Bonchev–Trinajstić information content (AvgIpc) is 3.62. The van der Waals surface area contributed by atoms with Gasteiger partial charge in [0.2, 0.25) is 0 Å². The Kier molecular flexibility index (Phi) is 9.93. The van der Waals surface area contributed by atoms with E-state index in [0.717, 1.165) is 78.2 Å². The molecule has 1 saturated heterocycles. The Morgan fingerprint density at radius 2 is 1.95 bits per heavy atom. The molecule has 40 heavy (non-hydrogen) atoms. The number of halogens is 1. The summed E-state index contributed by atoms with van der Waals surface area (Å²) in [7, 11) is 5.84. The second kappa shape index (κ2) is 13.6. The van der Waals surface area contributed by atoms with Gasteiger partial charge in [0.25, 0.3) is 5.91 Å². The Bertz CT molecular complexity index is 1390. The van der Waals surface area contributed by atoms with E-state index in [1.54, 1.807) is 6.07 Å². The summed E-state index contributed by atoms with van der Waals surface area (Å²) in [6.07, 6.45) is 8.42. The van der Waals surface area contributed by atoms with Gasteiger partial charge in [-0.1, -0.05) is 19.4 Å². The summed E-state index contributed by atoms with van der Waals surface area (Å²) in [4.78, 5) is 17.6. The van der Waals surface area contributed by atoms with Crippen molar-refractivity contribution in [3.63, 3.8) is 0 Å². The first-order valence-corrected chi connectivity index (χ1v) is 14.1. The predicted octanol–water partition coefficient (Wildman–Crippen LogP) is 5.21. The molecule has 0 radical (unpaired) electrons. The van der Waals surface area contributed by atoms with E-state index in [-0.39, 0.29) is 11.7 Å². The molecule has 1 amide bonds. The maximum Gasteiger partial charge on any atom is 0.253 e. The molecule has 0 saturated carbocycles. The van der Waals surface area contributed by atoms with Crippen LogP contribution in [-0.4, -0.2) is 71.1 Å². The van der Waals surface area contributed by atoms with Crippen molar-refractivity contribution in [2.24, 2.45) is 0 Å². The number of ether oxygens (including phenoxy) is 1. The zero-order valence-corrected chi connectivity index (χ0v) is 24.3. The highest BCUT2D eigenvalue weighted by molar-refractivity contribution is 5.98. The molecular formula is C31H41FN6O2. The lowest BCUT2D eigenvalue weighted by Gasteiger charge is -2.24. The van der Waals surface area contributed by atoms with Crippen molar-refractivity contribution in [1.82, 2.24) is 29.7 Å². The highest BCUT2D eigenvalue weighted by Crippen LogP contribution is 2.32. The number of fused-ring (bicyclic) bond motifs is 1. The summed E-state index contributed by atoms with van der Waals surface area (Å²) in [6.45, 7) is 6.62. The van der Waals surface area contributed by atoms with Crippen LogP contribution in [0.15, 0.2) is 59.4 Å². The minimum absolute atomic E-state index is 0.0909. The Hall–Kier alpha value is -3.72. The van der Waals surface area contributed by atoms with Crippen LogP contribution >= 0.6 is 0 Å². The fourth-order valence-corrected chi connectivity index (χ4v) is 4.99. The summed E-state index contributed by atoms with van der Waals surface area (Å²) in [5.41, 5.74) is 5.13. The van der Waals surface area contributed by atoms with Gasteiger partial charge in [0, 0.05) is 68.3 Å². The Balaban J connectivity index is 1.62. The maximum atomic E-state index is 14.4. The van der Waals surface area contributed by atoms with Crippen LogP contribution in [0.1, 0.15) is 51.8 Å². The number of amides is 1. The molecular weight excluding hydrogens is 507 g/mol. The monoisotopic (exact) mass is 548 g/mol. The van der Waals surface area contributed by atoms with Crippen LogP contribution in [0.25, 0.3) is 16.8 Å². The molecule has 9 heteroatoms. The zero-order valence-electron chi connectivity index (χ0n) is 24.3. The molecule has 1 aliphatic rings. The van der Waals surface area contributed by atoms with Crippen LogP contribution in [0.5, 0.6) is 5.75 Å². The molecule has 214 valence electrons. The lowest BCUT2D eigenvalue weighted by Crippen LogP contribution is -2.31. The molecule has 4 rings (SSSR count). The smallest absolute Gasteiger partial charge is 0.253 e. The van der Waals surface area contributed by atoms with E-state index in [1.807, 2.05) is 60.6 Å². The first kappa shape index (κ1) is 29.3. The number of unbranched alkanes of at least 4 members (excludes halogenated alkanes) is 1. The van der Waals surface area contributed by atoms with Gasteiger partial charge in [-0.3, -0.25) is 9.20 Å². The standard InChI is InChI=1S/C31H41FN6O2/c1-6-7-10-27(31(39)37-16-8-9-17-37)25(22(2)36(4)5)15-18-40-28-19-24(32)12-13-26(28)23-11-14-29-34-35-30(20-33-3)38(29)21-23/h10-14,19,21,33H,6-9,15-18,20H2,1-5H3/b25-22-,27-10-. The molecule has 1 N–H and O–H groups in total. The van der Waals surface area contributed by atoms with Crippen molar-refractivity contribution in [3.05, 3.63) is 71.1 Å². The van der Waals surface area contributed by atoms with E-state index in [4.69, 9.17) is 4.74 Å². The third-order valence-corrected chi connectivity index (χ3v) is 7.37. The molecule has 0 bridgehead atoms. The Morgan fingerprint density at radius 1 is 1.18 bits per heavy atom. The Labute approximate surface area is 236 Å². The van der Waals surface area contributed by atoms with Gasteiger partial charge in [0.15, 0.2) is 11.5 Å². The number of nitrogens with zero attached hydrogens (tertiary/aromatic N) is 5. The number of pyridine rings is 1. The number of nitrogens with one attached hydrogen (secondary N) is 1. The average molecular weight is 549 g/mol. The molecule has 0 unspecified atom stereocenters. The summed E-state index contributed by atoms with van der Waals surface area (Å²) in [5.74, 6) is 0.961. The van der Waals surface area contributed by atoms with E-state index < -0.39 is 0 Å². The van der Waals surface area contributed by atoms with Gasteiger partial charge in [0.05, 0.1) is 13.2 Å². The van der Waals surface area contributed by atoms with E-state index in [9.17, 15) is 9.18 Å². The first-order valence-electron chi connectivity index (χ1n) is 14.1. The second-order valence-corrected chi connectivity index (χ2v) is 10.4. The molecule has 0 spiro atoms. The summed E-state index contributed by atoms with van der Waals surface area (Å²) in [6, 6.07) is 8.43. The quantitative estimate of drug-likeness (QED) is 0.248. The van der Waals surface area contributed by atoms with Gasteiger partial charge < -0.3 is 19.9 Å². The van der Waals surface area contributed by atoms with E-state index in [2.05, 4.69) is 28.5 Å². The molecule has 1 aromatic carbocycles. The molecule has 1 aliphatic heterocycles. The summed E-state index contributed by atoms with van der Waals surface area (Å²) >= 11 is 0. The number of hydrogen-bond acceptors (Lipinski definition) is 6. The van der Waals surface area contributed by atoms with Crippen molar-refractivity contribution in [2.45, 2.75) is 52.5 Å². The molecule has 1 fully saturated rings. The van der Waals surface area contributed by atoms with Gasteiger partial charge in [-0.25, -0.2) is 4.39 Å². The number of benzene rings is 1. The fraction of sp³-hybridized carbons (Fsp3) is 0.452.